The van der Waals surface area contributed by atoms with Crippen LogP contribution in [0.2, 0.25) is 0 Å². The molecule has 2 heterocycles. The summed E-state index contributed by atoms with van der Waals surface area (Å²) in [6, 6.07) is 10.1. The summed E-state index contributed by atoms with van der Waals surface area (Å²) in [4.78, 5) is 26.7. The molecule has 0 bridgehead atoms. The van der Waals surface area contributed by atoms with Crippen molar-refractivity contribution in [2.45, 2.75) is 6.04 Å². The van der Waals surface area contributed by atoms with Crippen molar-refractivity contribution in [1.82, 2.24) is 10.6 Å². The van der Waals surface area contributed by atoms with Crippen molar-refractivity contribution < 1.29 is 23.3 Å². The first kappa shape index (κ1) is 18.9. The largest absolute Gasteiger partial charge is 0.463 e. The fraction of sp³-hybridized carbons (Fsp3) is 0.368. The zero-order valence-corrected chi connectivity index (χ0v) is 15.2. The number of furan rings is 1. The Morgan fingerprint density at radius 3 is 2.48 bits per heavy atom. The molecule has 0 unspecified atom stereocenters. The molecule has 1 saturated heterocycles. The van der Waals surface area contributed by atoms with E-state index in [-0.39, 0.29) is 11.9 Å². The molecule has 1 atom stereocenters. The highest BCUT2D eigenvalue weighted by atomic mass is 19.1. The molecule has 2 amide bonds. The van der Waals surface area contributed by atoms with Crippen LogP contribution in [0.5, 0.6) is 0 Å². The quantitative estimate of drug-likeness (QED) is 0.629. The van der Waals surface area contributed by atoms with Gasteiger partial charge in [-0.25, -0.2) is 4.39 Å². The SMILES string of the molecule is CNC(=O)C(=O)NC[C@H](c1ccco1)[NH+]1CCN(c2ccc(F)cc2)CC1. The van der Waals surface area contributed by atoms with Gasteiger partial charge >= 0.3 is 11.8 Å². The zero-order valence-electron chi connectivity index (χ0n) is 15.2. The molecule has 1 fully saturated rings. The summed E-state index contributed by atoms with van der Waals surface area (Å²) in [5.41, 5.74) is 0.998. The van der Waals surface area contributed by atoms with Crippen LogP contribution in [0.25, 0.3) is 0 Å². The number of nitrogens with one attached hydrogen (secondary N) is 3. The Morgan fingerprint density at radius 1 is 1.19 bits per heavy atom. The second kappa shape index (κ2) is 8.68. The lowest BCUT2D eigenvalue weighted by Gasteiger charge is -2.37. The van der Waals surface area contributed by atoms with Gasteiger partial charge in [0.05, 0.1) is 39.0 Å². The number of amides is 2. The molecule has 1 aromatic carbocycles. The predicted molar refractivity (Wildman–Crippen MR) is 97.8 cm³/mol. The van der Waals surface area contributed by atoms with Crippen molar-refractivity contribution in [3.05, 3.63) is 54.2 Å². The summed E-state index contributed by atoms with van der Waals surface area (Å²) < 4.78 is 18.7. The van der Waals surface area contributed by atoms with Crippen LogP contribution in [-0.2, 0) is 9.59 Å². The van der Waals surface area contributed by atoms with E-state index in [0.717, 1.165) is 37.6 Å². The first-order valence-corrected chi connectivity index (χ1v) is 8.97. The van der Waals surface area contributed by atoms with Gasteiger partial charge in [0.2, 0.25) is 0 Å². The smallest absolute Gasteiger partial charge is 0.309 e. The third kappa shape index (κ3) is 4.65. The van der Waals surface area contributed by atoms with Gasteiger partial charge in [0.15, 0.2) is 11.8 Å². The maximum atomic E-state index is 13.1. The number of halogens is 1. The van der Waals surface area contributed by atoms with E-state index in [9.17, 15) is 14.0 Å². The van der Waals surface area contributed by atoms with Crippen LogP contribution in [0.4, 0.5) is 10.1 Å². The highest BCUT2D eigenvalue weighted by Crippen LogP contribution is 2.16. The number of quaternary nitrogens is 1. The van der Waals surface area contributed by atoms with Crippen LogP contribution in [0, 0.1) is 5.82 Å². The third-order valence-corrected chi connectivity index (χ3v) is 4.88. The number of hydrogen-bond donors (Lipinski definition) is 3. The second-order valence-electron chi connectivity index (χ2n) is 6.48. The number of hydrogen-bond acceptors (Lipinski definition) is 4. The van der Waals surface area contributed by atoms with Gasteiger partial charge in [0, 0.05) is 12.7 Å². The number of anilines is 1. The standard InChI is InChI=1S/C19H23FN4O3/c1-21-18(25)19(26)22-13-16(17-3-2-12-27-17)24-10-8-23(9-11-24)15-6-4-14(20)5-7-15/h2-7,12,16H,8-11,13H2,1H3,(H,21,25)(H,22,26)/p+1/t16-/m1/s1. The van der Waals surface area contributed by atoms with E-state index < -0.39 is 11.8 Å². The first-order valence-electron chi connectivity index (χ1n) is 8.97. The Morgan fingerprint density at radius 2 is 1.89 bits per heavy atom. The lowest BCUT2D eigenvalue weighted by Crippen LogP contribution is -3.15. The molecule has 1 aliphatic heterocycles. The summed E-state index contributed by atoms with van der Waals surface area (Å²) in [6.45, 7) is 3.59. The highest BCUT2D eigenvalue weighted by Gasteiger charge is 2.31. The topological polar surface area (TPSA) is 79.0 Å². The van der Waals surface area contributed by atoms with Gasteiger partial charge in [0.1, 0.15) is 5.82 Å². The van der Waals surface area contributed by atoms with Crippen molar-refractivity contribution in [2.24, 2.45) is 0 Å². The molecule has 0 aliphatic carbocycles. The van der Waals surface area contributed by atoms with Crippen LogP contribution < -0.4 is 20.4 Å². The molecule has 3 rings (SSSR count). The van der Waals surface area contributed by atoms with Gasteiger partial charge in [-0.3, -0.25) is 9.59 Å². The fourth-order valence-corrected chi connectivity index (χ4v) is 3.38. The minimum absolute atomic E-state index is 0.0797. The van der Waals surface area contributed by atoms with E-state index in [4.69, 9.17) is 4.42 Å². The maximum absolute atomic E-state index is 13.1. The van der Waals surface area contributed by atoms with Gasteiger partial charge in [-0.1, -0.05) is 0 Å². The average Bonchev–Trinajstić information content (AvgIpc) is 3.23. The lowest BCUT2D eigenvalue weighted by molar-refractivity contribution is -0.932. The minimum Gasteiger partial charge on any atom is -0.463 e. The normalized spacial score (nSPS) is 16.0. The van der Waals surface area contributed by atoms with Gasteiger partial charge in [-0.15, -0.1) is 0 Å². The number of piperazine rings is 1. The highest BCUT2D eigenvalue weighted by molar-refractivity contribution is 6.35. The number of nitrogens with zero attached hydrogens (tertiary/aromatic N) is 1. The summed E-state index contributed by atoms with van der Waals surface area (Å²) >= 11 is 0. The average molecular weight is 375 g/mol. The van der Waals surface area contributed by atoms with E-state index in [1.54, 1.807) is 18.4 Å². The van der Waals surface area contributed by atoms with Crippen molar-refractivity contribution in [3.8, 4) is 0 Å². The van der Waals surface area contributed by atoms with Crippen LogP contribution in [0.1, 0.15) is 11.8 Å². The molecule has 3 N–H and O–H groups in total. The summed E-state index contributed by atoms with van der Waals surface area (Å²) in [6.07, 6.45) is 1.61. The Bertz CT molecular complexity index is 756. The second-order valence-corrected chi connectivity index (χ2v) is 6.48. The van der Waals surface area contributed by atoms with Crippen molar-refractivity contribution in [2.75, 3.05) is 44.7 Å². The number of rotatable bonds is 5. The Balaban J connectivity index is 1.63. The first-order chi connectivity index (χ1) is 13.1. The molecule has 2 aromatic rings. The van der Waals surface area contributed by atoms with Gasteiger partial charge < -0.3 is 24.9 Å². The van der Waals surface area contributed by atoms with Crippen molar-refractivity contribution in [3.63, 3.8) is 0 Å². The van der Waals surface area contributed by atoms with E-state index >= 15 is 0 Å². The minimum atomic E-state index is -0.663. The van der Waals surface area contributed by atoms with Crippen molar-refractivity contribution >= 4 is 17.5 Å². The van der Waals surface area contributed by atoms with E-state index in [1.807, 2.05) is 12.1 Å². The fourth-order valence-electron chi connectivity index (χ4n) is 3.38. The number of benzene rings is 1. The van der Waals surface area contributed by atoms with Gasteiger partial charge in [-0.2, -0.15) is 0 Å². The monoisotopic (exact) mass is 375 g/mol. The number of carbonyl (C=O) groups excluding carboxylic acids is 2. The van der Waals surface area contributed by atoms with Crippen LogP contribution in [0.3, 0.4) is 0 Å². The number of carbonyl (C=O) groups is 2. The predicted octanol–water partition coefficient (Wildman–Crippen LogP) is -0.273. The van der Waals surface area contributed by atoms with Crippen LogP contribution in [0.15, 0.2) is 47.1 Å². The molecule has 144 valence electrons. The summed E-state index contributed by atoms with van der Waals surface area (Å²) in [7, 11) is 1.42. The Hall–Kier alpha value is -2.87. The lowest BCUT2D eigenvalue weighted by atomic mass is 10.1. The van der Waals surface area contributed by atoms with Crippen molar-refractivity contribution in [1.29, 1.82) is 0 Å². The van der Waals surface area contributed by atoms with E-state index in [0.29, 0.717) is 6.54 Å². The molecular formula is C19H24FN4O3+. The van der Waals surface area contributed by atoms with Crippen LogP contribution in [-0.4, -0.2) is 51.6 Å². The summed E-state index contributed by atoms with van der Waals surface area (Å²) in [5, 5.41) is 5.00. The van der Waals surface area contributed by atoms with Gasteiger partial charge in [0.25, 0.3) is 0 Å². The molecule has 0 radical (unpaired) electrons. The Kier molecular flexibility index (Phi) is 6.08. The van der Waals surface area contributed by atoms with Crippen LogP contribution >= 0.6 is 0 Å². The maximum Gasteiger partial charge on any atom is 0.309 e. The van der Waals surface area contributed by atoms with E-state index in [1.165, 1.54) is 24.1 Å². The molecule has 1 aliphatic rings. The molecule has 27 heavy (non-hydrogen) atoms. The molecule has 0 spiro atoms. The molecular weight excluding hydrogens is 351 g/mol. The third-order valence-electron chi connectivity index (χ3n) is 4.88. The Labute approximate surface area is 157 Å². The zero-order chi connectivity index (χ0) is 19.2. The molecule has 0 saturated carbocycles. The molecule has 7 nitrogen and oxygen atoms in total. The molecule has 1 aromatic heterocycles. The molecule has 8 heteroatoms. The number of likely N-dealkylation sites (N-methyl/N-ethyl adjacent to an activating group) is 1. The van der Waals surface area contributed by atoms with Gasteiger partial charge in [-0.05, 0) is 36.4 Å². The summed E-state index contributed by atoms with van der Waals surface area (Å²) in [5.74, 6) is -0.784. The van der Waals surface area contributed by atoms with E-state index in [2.05, 4.69) is 15.5 Å².